The maximum atomic E-state index is 11.2. The maximum Gasteiger partial charge on any atom is 0.347 e. The molecule has 0 aliphatic heterocycles. The molecule has 0 unspecified atom stereocenters. The first-order valence-corrected chi connectivity index (χ1v) is 14.9. The molecular formula is C15H27I2O2P. The van der Waals surface area contributed by atoms with E-state index in [1.165, 1.54) is 70.6 Å². The fourth-order valence-corrected chi connectivity index (χ4v) is 3.69. The Bertz CT molecular complexity index is 232. The molecule has 2 nitrogen and oxygen atoms in total. The summed E-state index contributed by atoms with van der Waals surface area (Å²) in [6.45, 7) is 0. The predicted molar refractivity (Wildman–Crippen MR) is 105 cm³/mol. The molecule has 20 heavy (non-hydrogen) atoms. The summed E-state index contributed by atoms with van der Waals surface area (Å²) >= 11 is 4.28. The Morgan fingerprint density at radius 3 is 1.45 bits per heavy atom. The third kappa shape index (κ3) is 10.1. The van der Waals surface area contributed by atoms with E-state index in [1.807, 2.05) is 0 Å². The summed E-state index contributed by atoms with van der Waals surface area (Å²) < 4.78 is 4.72. The Kier molecular flexibility index (Phi) is 12.5. The first kappa shape index (κ1) is 19.4. The first-order valence-electron chi connectivity index (χ1n) is 8.02. The zero-order chi connectivity index (χ0) is 14.6. The van der Waals surface area contributed by atoms with Crippen LogP contribution in [0.15, 0.2) is 0 Å². The molecule has 2 saturated carbocycles. The zero-order valence-corrected chi connectivity index (χ0v) is 17.5. The highest BCUT2D eigenvalue weighted by Crippen LogP contribution is 2.55. The van der Waals surface area contributed by atoms with Crippen molar-refractivity contribution < 1.29 is 9.53 Å². The molecule has 0 amide bonds. The van der Waals surface area contributed by atoms with Crippen LogP contribution in [0.4, 0.5) is 4.79 Å². The predicted octanol–water partition coefficient (Wildman–Crippen LogP) is 7.76. The zero-order valence-electron chi connectivity index (χ0n) is 12.3. The van der Waals surface area contributed by atoms with E-state index in [9.17, 15) is 4.79 Å². The van der Waals surface area contributed by atoms with Crippen LogP contribution in [0, 0.1) is 0 Å². The summed E-state index contributed by atoms with van der Waals surface area (Å²) in [5, 5.41) is 0. The van der Waals surface area contributed by atoms with Crippen LogP contribution in [0.1, 0.15) is 83.5 Å². The molecule has 0 heterocycles. The van der Waals surface area contributed by atoms with Crippen LogP contribution in [-0.4, -0.2) is 11.8 Å². The third-order valence-electron chi connectivity index (χ3n) is 3.96. The lowest BCUT2D eigenvalue weighted by molar-refractivity contribution is 0.0964. The van der Waals surface area contributed by atoms with Gasteiger partial charge in [-0.2, -0.15) is 0 Å². The van der Waals surface area contributed by atoms with Crippen molar-refractivity contribution in [3.05, 3.63) is 0 Å². The molecule has 0 aromatic rings. The topological polar surface area (TPSA) is 26.3 Å². The van der Waals surface area contributed by atoms with Crippen LogP contribution in [0.5, 0.6) is 0 Å². The van der Waals surface area contributed by atoms with Gasteiger partial charge in [-0.1, -0.05) is 57.8 Å². The molecule has 2 fully saturated rings. The summed E-state index contributed by atoms with van der Waals surface area (Å²) in [5.41, 5.74) is -0.00176. The molecule has 5 heteroatoms. The van der Waals surface area contributed by atoms with Gasteiger partial charge in [-0.05, 0) is 69.8 Å². The molecule has 118 valence electrons. The fourth-order valence-electron chi connectivity index (χ4n) is 2.78. The minimum atomic E-state index is -0.608. The molecule has 2 aliphatic rings. The van der Waals surface area contributed by atoms with Gasteiger partial charge in [0, 0.05) is 0 Å². The molecule has 0 bridgehead atoms. The first-order chi connectivity index (χ1) is 9.70. The highest BCUT2D eigenvalue weighted by Gasteiger charge is 2.20. The molecule has 2 rings (SSSR count). The normalized spacial score (nSPS) is 21.4. The Morgan fingerprint density at radius 2 is 1.10 bits per heavy atom. The Labute approximate surface area is 151 Å². The van der Waals surface area contributed by atoms with Crippen LogP contribution >= 0.6 is 47.3 Å². The minimum absolute atomic E-state index is 0.00176. The van der Waals surface area contributed by atoms with Gasteiger partial charge in [0.25, 0.3) is 0 Å². The highest BCUT2D eigenvalue weighted by molar-refractivity contribution is 14.3. The van der Waals surface area contributed by atoms with Gasteiger partial charge in [0.15, 0.2) is 0 Å². The van der Waals surface area contributed by atoms with Gasteiger partial charge in [0.2, 0.25) is 0 Å². The van der Waals surface area contributed by atoms with Crippen LogP contribution in [-0.2, 0) is 4.74 Å². The fraction of sp³-hybridized carbons (Fsp3) is 0.933. The summed E-state index contributed by atoms with van der Waals surface area (Å²) in [6.07, 6.45) is 18.1. The van der Waals surface area contributed by atoms with Crippen molar-refractivity contribution in [1.29, 1.82) is 0 Å². The van der Waals surface area contributed by atoms with Crippen molar-refractivity contribution in [2.24, 2.45) is 0 Å². The maximum absolute atomic E-state index is 11.2. The van der Waals surface area contributed by atoms with E-state index >= 15 is 0 Å². The third-order valence-corrected chi connectivity index (χ3v) is 6.70. The second kappa shape index (κ2) is 12.9. The molecule has 2 aliphatic carbocycles. The molecular weight excluding hydrogens is 497 g/mol. The van der Waals surface area contributed by atoms with E-state index in [-0.39, 0.29) is 11.8 Å². The summed E-state index contributed by atoms with van der Waals surface area (Å²) in [4.78, 5) is 11.2. The lowest BCUT2D eigenvalue weighted by Crippen LogP contribution is -2.18. The molecule has 0 radical (unpaired) electrons. The molecule has 0 aromatic heterocycles. The van der Waals surface area contributed by atoms with Crippen molar-refractivity contribution in [2.75, 3.05) is 0 Å². The van der Waals surface area contributed by atoms with E-state index in [2.05, 4.69) is 44.1 Å². The van der Waals surface area contributed by atoms with Gasteiger partial charge in [-0.3, -0.25) is 0 Å². The van der Waals surface area contributed by atoms with Crippen LogP contribution in [0.25, 0.3) is 0 Å². The molecule has 0 aromatic carbocycles. The van der Waals surface area contributed by atoms with Crippen molar-refractivity contribution in [2.45, 2.75) is 89.6 Å². The number of halogens is 2. The van der Waals surface area contributed by atoms with E-state index in [4.69, 9.17) is 4.74 Å². The SMILES string of the molecule is C1CCCCCCC1.O=C(OC1CCCCC1)P(I)I. The lowest BCUT2D eigenvalue weighted by Gasteiger charge is -2.21. The van der Waals surface area contributed by atoms with E-state index in [0.29, 0.717) is 0 Å². The minimum Gasteiger partial charge on any atom is -0.458 e. The Hall–Kier alpha value is 1.36. The number of hydrogen-bond acceptors (Lipinski definition) is 2. The quantitative estimate of drug-likeness (QED) is 0.273. The number of rotatable bonds is 2. The largest absolute Gasteiger partial charge is 0.458 e. The van der Waals surface area contributed by atoms with Crippen molar-refractivity contribution in [3.63, 3.8) is 0 Å². The Morgan fingerprint density at radius 1 is 0.750 bits per heavy atom. The number of ether oxygens (including phenoxy) is 1. The summed E-state index contributed by atoms with van der Waals surface area (Å²) in [7, 11) is 0. The summed E-state index contributed by atoms with van der Waals surface area (Å²) in [5.74, 6) is 0. The standard InChI is InChI=1S/C8H16.C7H11I2O2P/c1-2-4-6-8-7-5-3-1;8-12(9)7(10)11-6-4-2-1-3-5-6/h1-8H2;6H,1-5H2. The van der Waals surface area contributed by atoms with Gasteiger partial charge in [0.1, 0.15) is 9.31 Å². The lowest BCUT2D eigenvalue weighted by atomic mass is 9.98. The van der Waals surface area contributed by atoms with Gasteiger partial charge < -0.3 is 4.74 Å². The van der Waals surface area contributed by atoms with Crippen LogP contribution < -0.4 is 0 Å². The number of carbonyl (C=O) groups is 1. The average Bonchev–Trinajstić information content (AvgIpc) is 2.39. The van der Waals surface area contributed by atoms with Gasteiger partial charge in [0.05, 0.1) is 0 Å². The van der Waals surface area contributed by atoms with E-state index < -0.39 is 3.21 Å². The molecule has 0 spiro atoms. The number of hydrogen-bond donors (Lipinski definition) is 0. The van der Waals surface area contributed by atoms with Crippen molar-refractivity contribution >= 4 is 53.0 Å². The van der Waals surface area contributed by atoms with Gasteiger partial charge in [-0.25, -0.2) is 4.79 Å². The van der Waals surface area contributed by atoms with Gasteiger partial charge >= 0.3 is 5.71 Å². The summed E-state index contributed by atoms with van der Waals surface area (Å²) in [6, 6.07) is 0. The molecule has 0 saturated heterocycles. The van der Waals surface area contributed by atoms with Crippen LogP contribution in [0.2, 0.25) is 0 Å². The van der Waals surface area contributed by atoms with Gasteiger partial charge in [-0.15, -0.1) is 0 Å². The monoisotopic (exact) mass is 524 g/mol. The smallest absolute Gasteiger partial charge is 0.347 e. The molecule has 0 atom stereocenters. The highest BCUT2D eigenvalue weighted by atomic mass is 127. The molecule has 0 N–H and O–H groups in total. The Balaban J connectivity index is 0.000000217. The second-order valence-electron chi connectivity index (χ2n) is 5.71. The van der Waals surface area contributed by atoms with E-state index in [0.717, 1.165) is 12.8 Å². The van der Waals surface area contributed by atoms with Crippen molar-refractivity contribution in [3.8, 4) is 0 Å². The van der Waals surface area contributed by atoms with Crippen LogP contribution in [0.3, 0.4) is 0 Å². The average molecular weight is 524 g/mol. The second-order valence-corrected chi connectivity index (χ2v) is 17.9. The van der Waals surface area contributed by atoms with Crippen molar-refractivity contribution in [1.82, 2.24) is 0 Å². The number of carbonyl (C=O) groups excluding carboxylic acids is 1. The van der Waals surface area contributed by atoms with E-state index in [1.54, 1.807) is 0 Å².